The number of rotatable bonds is 6. The van der Waals surface area contributed by atoms with Crippen LogP contribution in [0.15, 0.2) is 18.2 Å². The quantitative estimate of drug-likeness (QED) is 0.783. The van der Waals surface area contributed by atoms with Crippen molar-refractivity contribution in [3.05, 3.63) is 40.7 Å². The monoisotopic (exact) mass is 371 g/mol. The molecule has 0 fully saturated rings. The van der Waals surface area contributed by atoms with E-state index in [1.807, 2.05) is 43.8 Å². The van der Waals surface area contributed by atoms with E-state index >= 15 is 0 Å². The predicted octanol–water partition coefficient (Wildman–Crippen LogP) is 3.13. The number of nitrogens with zero attached hydrogens (tertiary/aromatic N) is 3. The third-order valence-corrected chi connectivity index (χ3v) is 4.85. The largest absolute Gasteiger partial charge is 0.486 e. The number of hydrogen-bond donors (Lipinski definition) is 0. The fourth-order valence-corrected chi connectivity index (χ4v) is 3.35. The number of aryl methyl sites for hydroxylation is 1. The minimum absolute atomic E-state index is 0.0835. The third kappa shape index (κ3) is 4.43. The van der Waals surface area contributed by atoms with E-state index in [-0.39, 0.29) is 5.91 Å². The SMILES string of the molecule is Cc1nn(CC(C)C)c(C)c1CC(=O)N(C)Cc1ccc2c(c1)OCCO2. The summed E-state index contributed by atoms with van der Waals surface area (Å²) in [4.78, 5) is 14.5. The van der Waals surface area contributed by atoms with Gasteiger partial charge in [-0.3, -0.25) is 9.48 Å². The summed E-state index contributed by atoms with van der Waals surface area (Å²) in [6.45, 7) is 10.9. The first-order valence-corrected chi connectivity index (χ1v) is 9.50. The Hall–Kier alpha value is -2.50. The Bertz CT molecular complexity index is 826. The topological polar surface area (TPSA) is 56.6 Å². The van der Waals surface area contributed by atoms with E-state index in [1.165, 1.54) is 0 Å². The summed E-state index contributed by atoms with van der Waals surface area (Å²) in [6.07, 6.45) is 0.372. The summed E-state index contributed by atoms with van der Waals surface area (Å²) >= 11 is 0. The second-order valence-electron chi connectivity index (χ2n) is 7.63. The van der Waals surface area contributed by atoms with Gasteiger partial charge in [0.2, 0.25) is 5.91 Å². The molecule has 146 valence electrons. The molecule has 1 aromatic heterocycles. The zero-order valence-corrected chi connectivity index (χ0v) is 16.9. The summed E-state index contributed by atoms with van der Waals surface area (Å²) in [5, 5.41) is 4.61. The molecule has 1 amide bonds. The number of benzene rings is 1. The smallest absolute Gasteiger partial charge is 0.227 e. The maximum atomic E-state index is 12.8. The Balaban J connectivity index is 1.67. The molecule has 0 N–H and O–H groups in total. The maximum absolute atomic E-state index is 12.8. The van der Waals surface area contributed by atoms with Gasteiger partial charge < -0.3 is 14.4 Å². The molecule has 0 saturated heterocycles. The highest BCUT2D eigenvalue weighted by atomic mass is 16.6. The van der Waals surface area contributed by atoms with Crippen LogP contribution in [0.1, 0.15) is 36.4 Å². The van der Waals surface area contributed by atoms with Crippen molar-refractivity contribution in [3.63, 3.8) is 0 Å². The van der Waals surface area contributed by atoms with Gasteiger partial charge in [-0.05, 0) is 37.5 Å². The molecule has 0 saturated carbocycles. The number of fused-ring (bicyclic) bond motifs is 1. The Labute approximate surface area is 161 Å². The molecule has 0 radical (unpaired) electrons. The van der Waals surface area contributed by atoms with Crippen molar-refractivity contribution < 1.29 is 14.3 Å². The van der Waals surface area contributed by atoms with Crippen molar-refractivity contribution in [2.75, 3.05) is 20.3 Å². The van der Waals surface area contributed by atoms with Crippen LogP contribution in [0.25, 0.3) is 0 Å². The summed E-state index contributed by atoms with van der Waals surface area (Å²) in [7, 11) is 1.84. The molecular formula is C21H29N3O3. The Morgan fingerprint density at radius 2 is 1.93 bits per heavy atom. The van der Waals surface area contributed by atoms with Crippen LogP contribution < -0.4 is 9.47 Å². The zero-order chi connectivity index (χ0) is 19.6. The van der Waals surface area contributed by atoms with Crippen molar-refractivity contribution in [1.82, 2.24) is 14.7 Å². The molecule has 3 rings (SSSR count). The van der Waals surface area contributed by atoms with Crippen molar-refractivity contribution in [2.45, 2.75) is 47.2 Å². The van der Waals surface area contributed by atoms with Crippen molar-refractivity contribution in [1.29, 1.82) is 0 Å². The van der Waals surface area contributed by atoms with E-state index in [1.54, 1.807) is 4.90 Å². The van der Waals surface area contributed by atoms with Crippen LogP contribution in [0.3, 0.4) is 0 Å². The van der Waals surface area contributed by atoms with E-state index in [0.717, 1.165) is 40.6 Å². The number of amides is 1. The van der Waals surface area contributed by atoms with Gasteiger partial charge in [-0.2, -0.15) is 5.10 Å². The Kier molecular flexibility index (Phi) is 5.73. The second-order valence-corrected chi connectivity index (χ2v) is 7.63. The predicted molar refractivity (Wildman–Crippen MR) is 104 cm³/mol. The maximum Gasteiger partial charge on any atom is 0.227 e. The molecule has 0 bridgehead atoms. The van der Waals surface area contributed by atoms with Gasteiger partial charge in [0.25, 0.3) is 0 Å². The van der Waals surface area contributed by atoms with Gasteiger partial charge in [-0.25, -0.2) is 0 Å². The number of aromatic nitrogens is 2. The molecule has 1 aromatic carbocycles. The van der Waals surface area contributed by atoms with Crippen LogP contribution in [-0.2, 0) is 24.3 Å². The molecular weight excluding hydrogens is 342 g/mol. The fraction of sp³-hybridized carbons (Fsp3) is 0.524. The number of likely N-dealkylation sites (N-methyl/N-ethyl adjacent to an activating group) is 1. The fourth-order valence-electron chi connectivity index (χ4n) is 3.35. The van der Waals surface area contributed by atoms with Gasteiger partial charge in [-0.1, -0.05) is 19.9 Å². The van der Waals surface area contributed by atoms with Gasteiger partial charge in [-0.15, -0.1) is 0 Å². The highest BCUT2D eigenvalue weighted by molar-refractivity contribution is 5.79. The lowest BCUT2D eigenvalue weighted by atomic mass is 10.1. The van der Waals surface area contributed by atoms with E-state index in [9.17, 15) is 4.79 Å². The number of ether oxygens (including phenoxy) is 2. The highest BCUT2D eigenvalue weighted by Gasteiger charge is 2.19. The molecule has 6 heteroatoms. The lowest BCUT2D eigenvalue weighted by molar-refractivity contribution is -0.129. The van der Waals surface area contributed by atoms with Gasteiger partial charge in [0, 0.05) is 31.4 Å². The zero-order valence-electron chi connectivity index (χ0n) is 16.9. The van der Waals surface area contributed by atoms with Gasteiger partial charge >= 0.3 is 0 Å². The third-order valence-electron chi connectivity index (χ3n) is 4.85. The molecule has 0 atom stereocenters. The molecule has 6 nitrogen and oxygen atoms in total. The first-order valence-electron chi connectivity index (χ1n) is 9.50. The second kappa shape index (κ2) is 8.03. The number of hydrogen-bond acceptors (Lipinski definition) is 4. The van der Waals surface area contributed by atoms with Crippen LogP contribution in [-0.4, -0.2) is 40.8 Å². The molecule has 27 heavy (non-hydrogen) atoms. The summed E-state index contributed by atoms with van der Waals surface area (Å²) in [5.41, 5.74) is 4.09. The summed E-state index contributed by atoms with van der Waals surface area (Å²) in [5.74, 6) is 2.12. The molecule has 0 aliphatic carbocycles. The van der Waals surface area contributed by atoms with Crippen molar-refractivity contribution >= 4 is 5.91 Å². The first kappa shape index (κ1) is 19.3. The standard InChI is InChI=1S/C21H29N3O3/c1-14(2)12-24-16(4)18(15(3)22-24)11-21(25)23(5)13-17-6-7-19-20(10-17)27-9-8-26-19/h6-7,10,14H,8-9,11-13H2,1-5H3. The Morgan fingerprint density at radius 1 is 1.22 bits per heavy atom. The average Bonchev–Trinajstić information content (AvgIpc) is 2.88. The van der Waals surface area contributed by atoms with Crippen molar-refractivity contribution in [2.24, 2.45) is 5.92 Å². The van der Waals surface area contributed by atoms with E-state index in [2.05, 4.69) is 18.9 Å². The van der Waals surface area contributed by atoms with Crippen LogP contribution >= 0.6 is 0 Å². The number of carbonyl (C=O) groups is 1. The lowest BCUT2D eigenvalue weighted by Gasteiger charge is -2.21. The van der Waals surface area contributed by atoms with Crippen LogP contribution in [0.5, 0.6) is 11.5 Å². The van der Waals surface area contributed by atoms with E-state index < -0.39 is 0 Å². The highest BCUT2D eigenvalue weighted by Crippen LogP contribution is 2.31. The van der Waals surface area contributed by atoms with Crippen LogP contribution in [0.4, 0.5) is 0 Å². The summed E-state index contributed by atoms with van der Waals surface area (Å²) < 4.78 is 13.2. The minimum atomic E-state index is 0.0835. The van der Waals surface area contributed by atoms with Crippen LogP contribution in [0, 0.1) is 19.8 Å². The van der Waals surface area contributed by atoms with E-state index in [4.69, 9.17) is 9.47 Å². The summed E-state index contributed by atoms with van der Waals surface area (Å²) in [6, 6.07) is 5.84. The van der Waals surface area contributed by atoms with Crippen LogP contribution in [0.2, 0.25) is 0 Å². The normalized spacial score (nSPS) is 13.1. The van der Waals surface area contributed by atoms with E-state index in [0.29, 0.717) is 32.1 Å². The molecule has 0 unspecified atom stereocenters. The lowest BCUT2D eigenvalue weighted by Crippen LogP contribution is -2.28. The van der Waals surface area contributed by atoms with Gasteiger partial charge in [0.15, 0.2) is 11.5 Å². The van der Waals surface area contributed by atoms with Gasteiger partial charge in [0.1, 0.15) is 13.2 Å². The molecule has 2 aromatic rings. The molecule has 2 heterocycles. The Morgan fingerprint density at radius 3 is 2.63 bits per heavy atom. The minimum Gasteiger partial charge on any atom is -0.486 e. The van der Waals surface area contributed by atoms with Crippen molar-refractivity contribution in [3.8, 4) is 11.5 Å². The average molecular weight is 371 g/mol. The molecule has 0 spiro atoms. The molecule has 1 aliphatic heterocycles. The first-order chi connectivity index (χ1) is 12.8. The molecule has 1 aliphatic rings. The van der Waals surface area contributed by atoms with Gasteiger partial charge in [0.05, 0.1) is 12.1 Å². The number of carbonyl (C=O) groups excluding carboxylic acids is 1.